The average Bonchev–Trinajstić information content (AvgIpc) is 2.38. The summed E-state index contributed by atoms with van der Waals surface area (Å²) < 4.78 is 0. The molecular formula is C16H21NO. The first-order chi connectivity index (χ1) is 8.76. The zero-order valence-corrected chi connectivity index (χ0v) is 10.8. The number of fused-ring (bicyclic) bond motifs is 1. The minimum atomic E-state index is -0.502. The number of piperidine rings is 1. The topological polar surface area (TPSA) is 32.3 Å². The summed E-state index contributed by atoms with van der Waals surface area (Å²) in [5.74, 6) is 0. The Kier molecular flexibility index (Phi) is 2.19. The molecule has 2 heteroatoms. The van der Waals surface area contributed by atoms with E-state index in [2.05, 4.69) is 29.6 Å². The Hall–Kier alpha value is -0.860. The molecule has 18 heavy (non-hydrogen) atoms. The summed E-state index contributed by atoms with van der Waals surface area (Å²) in [7, 11) is 0. The smallest absolute Gasteiger partial charge is 0.0899 e. The number of nitrogens with one attached hydrogen (secondary N) is 1. The molecule has 0 unspecified atom stereocenters. The van der Waals surface area contributed by atoms with Gasteiger partial charge in [-0.05, 0) is 43.4 Å². The maximum Gasteiger partial charge on any atom is 0.0899 e. The lowest BCUT2D eigenvalue weighted by Crippen LogP contribution is -2.71. The maximum absolute atomic E-state index is 11.3. The van der Waals surface area contributed by atoms with Crippen LogP contribution in [0, 0.1) is 0 Å². The van der Waals surface area contributed by atoms with E-state index >= 15 is 0 Å². The number of aliphatic hydroxyl groups is 1. The van der Waals surface area contributed by atoms with Gasteiger partial charge in [0.1, 0.15) is 0 Å². The van der Waals surface area contributed by atoms with Crippen LogP contribution in [0.25, 0.3) is 0 Å². The highest BCUT2D eigenvalue weighted by molar-refractivity contribution is 5.44. The molecule has 2 aliphatic carbocycles. The molecule has 1 saturated carbocycles. The predicted molar refractivity (Wildman–Crippen MR) is 71.6 cm³/mol. The zero-order valence-electron chi connectivity index (χ0n) is 10.8. The summed E-state index contributed by atoms with van der Waals surface area (Å²) in [5.41, 5.74) is 2.44. The summed E-state index contributed by atoms with van der Waals surface area (Å²) in [4.78, 5) is 0. The Morgan fingerprint density at radius 2 is 1.94 bits per heavy atom. The highest BCUT2D eigenvalue weighted by Gasteiger charge is 2.60. The molecule has 0 amide bonds. The van der Waals surface area contributed by atoms with Crippen molar-refractivity contribution in [1.29, 1.82) is 0 Å². The summed E-state index contributed by atoms with van der Waals surface area (Å²) in [6, 6.07) is 9.07. The van der Waals surface area contributed by atoms with Gasteiger partial charge in [-0.25, -0.2) is 0 Å². The number of benzene rings is 1. The maximum atomic E-state index is 11.3. The van der Waals surface area contributed by atoms with Gasteiger partial charge < -0.3 is 10.4 Å². The van der Waals surface area contributed by atoms with E-state index in [0.29, 0.717) is 0 Å². The molecule has 1 saturated heterocycles. The van der Waals surface area contributed by atoms with Crippen molar-refractivity contribution in [2.75, 3.05) is 6.54 Å². The molecule has 0 radical (unpaired) electrons. The molecule has 3 atom stereocenters. The van der Waals surface area contributed by atoms with E-state index < -0.39 is 5.60 Å². The predicted octanol–water partition coefficient (Wildman–Crippen LogP) is 2.15. The first kappa shape index (κ1) is 11.0. The van der Waals surface area contributed by atoms with Crippen molar-refractivity contribution < 1.29 is 5.11 Å². The molecule has 2 nitrogen and oxygen atoms in total. The third kappa shape index (κ3) is 1.16. The van der Waals surface area contributed by atoms with Gasteiger partial charge >= 0.3 is 0 Å². The summed E-state index contributed by atoms with van der Waals surface area (Å²) in [6.07, 6.45) is 6.67. The summed E-state index contributed by atoms with van der Waals surface area (Å²) in [6.45, 7) is 1.06. The highest BCUT2D eigenvalue weighted by atomic mass is 16.3. The molecule has 1 aromatic carbocycles. The Balaban J connectivity index is 1.96. The largest absolute Gasteiger partial charge is 0.387 e. The summed E-state index contributed by atoms with van der Waals surface area (Å²) >= 11 is 0. The van der Waals surface area contributed by atoms with Crippen molar-refractivity contribution in [1.82, 2.24) is 5.32 Å². The fourth-order valence-electron chi connectivity index (χ4n) is 4.88. The van der Waals surface area contributed by atoms with E-state index in [9.17, 15) is 5.11 Å². The van der Waals surface area contributed by atoms with Crippen LogP contribution in [0.2, 0.25) is 0 Å². The second kappa shape index (κ2) is 3.58. The number of rotatable bonds is 0. The van der Waals surface area contributed by atoms with Crippen LogP contribution in [-0.2, 0) is 11.8 Å². The average molecular weight is 243 g/mol. The Morgan fingerprint density at radius 1 is 1.11 bits per heavy atom. The van der Waals surface area contributed by atoms with E-state index in [4.69, 9.17) is 0 Å². The Bertz CT molecular complexity index is 482. The van der Waals surface area contributed by atoms with Gasteiger partial charge in [-0.15, -0.1) is 0 Å². The van der Waals surface area contributed by atoms with E-state index in [1.54, 1.807) is 0 Å². The van der Waals surface area contributed by atoms with Gasteiger partial charge in [0.25, 0.3) is 0 Å². The van der Waals surface area contributed by atoms with Gasteiger partial charge in [0.05, 0.1) is 5.60 Å². The monoisotopic (exact) mass is 243 g/mol. The van der Waals surface area contributed by atoms with Crippen LogP contribution in [0.15, 0.2) is 24.3 Å². The molecule has 1 heterocycles. The van der Waals surface area contributed by atoms with E-state index in [1.807, 2.05) is 0 Å². The first-order valence-corrected chi connectivity index (χ1v) is 7.30. The van der Waals surface area contributed by atoms with E-state index in [1.165, 1.54) is 30.4 Å². The molecule has 2 fully saturated rings. The lowest BCUT2D eigenvalue weighted by molar-refractivity contribution is -0.124. The molecule has 0 spiro atoms. The van der Waals surface area contributed by atoms with Crippen molar-refractivity contribution in [2.24, 2.45) is 0 Å². The lowest BCUT2D eigenvalue weighted by Gasteiger charge is -2.61. The van der Waals surface area contributed by atoms with Gasteiger partial charge in [-0.3, -0.25) is 0 Å². The zero-order chi connectivity index (χ0) is 12.2. The Morgan fingerprint density at radius 3 is 2.89 bits per heavy atom. The molecule has 3 aliphatic rings. The van der Waals surface area contributed by atoms with Crippen LogP contribution in [0.4, 0.5) is 0 Å². The second-order valence-electron chi connectivity index (χ2n) is 6.33. The summed E-state index contributed by atoms with van der Waals surface area (Å²) in [5, 5.41) is 14.9. The molecule has 1 aliphatic heterocycles. The Labute approximate surface area is 108 Å². The third-order valence-electron chi connectivity index (χ3n) is 5.72. The fourth-order valence-corrected chi connectivity index (χ4v) is 4.88. The van der Waals surface area contributed by atoms with Crippen molar-refractivity contribution in [3.8, 4) is 0 Å². The van der Waals surface area contributed by atoms with Crippen molar-refractivity contribution in [2.45, 2.75) is 55.6 Å². The number of hydrogen-bond donors (Lipinski definition) is 2. The molecule has 0 aromatic heterocycles. The third-order valence-corrected chi connectivity index (χ3v) is 5.72. The standard InChI is InChI=1S/C16H21NO/c18-16-8-4-3-7-15(16)9-10-17-14(16)11-12-5-1-2-6-13(12)15/h1-2,5-6,14,17-18H,3-4,7-11H2/t14-,15+,16-/m1/s1. The van der Waals surface area contributed by atoms with E-state index in [-0.39, 0.29) is 11.5 Å². The van der Waals surface area contributed by atoms with Gasteiger partial charge in [-0.2, -0.15) is 0 Å². The van der Waals surface area contributed by atoms with Gasteiger partial charge in [-0.1, -0.05) is 37.1 Å². The quantitative estimate of drug-likeness (QED) is 0.732. The van der Waals surface area contributed by atoms with Crippen molar-refractivity contribution >= 4 is 0 Å². The molecule has 2 N–H and O–H groups in total. The van der Waals surface area contributed by atoms with Crippen LogP contribution < -0.4 is 5.32 Å². The van der Waals surface area contributed by atoms with Crippen LogP contribution in [-0.4, -0.2) is 23.3 Å². The van der Waals surface area contributed by atoms with Crippen molar-refractivity contribution in [3.05, 3.63) is 35.4 Å². The highest BCUT2D eigenvalue weighted by Crippen LogP contribution is 2.55. The van der Waals surface area contributed by atoms with Gasteiger partial charge in [0.15, 0.2) is 0 Å². The van der Waals surface area contributed by atoms with Crippen LogP contribution >= 0.6 is 0 Å². The second-order valence-corrected chi connectivity index (χ2v) is 6.33. The molecule has 2 bridgehead atoms. The van der Waals surface area contributed by atoms with Crippen LogP contribution in [0.3, 0.4) is 0 Å². The molecule has 4 rings (SSSR count). The molecule has 96 valence electrons. The van der Waals surface area contributed by atoms with E-state index in [0.717, 1.165) is 25.8 Å². The minimum Gasteiger partial charge on any atom is -0.387 e. The van der Waals surface area contributed by atoms with Crippen molar-refractivity contribution in [3.63, 3.8) is 0 Å². The van der Waals surface area contributed by atoms with Gasteiger partial charge in [0, 0.05) is 11.5 Å². The SMILES string of the molecule is O[C@@]12CCCC[C@@]13CCN[C@@H]2Cc1ccccc13. The minimum absolute atomic E-state index is 0.0377. The fraction of sp³-hybridized carbons (Fsp3) is 0.625. The molecular weight excluding hydrogens is 222 g/mol. The van der Waals surface area contributed by atoms with Gasteiger partial charge in [0.2, 0.25) is 0 Å². The molecule has 1 aromatic rings. The number of hydrogen-bond acceptors (Lipinski definition) is 2. The normalized spacial score (nSPS) is 41.9. The van der Waals surface area contributed by atoms with Crippen LogP contribution in [0.5, 0.6) is 0 Å². The lowest BCUT2D eigenvalue weighted by atomic mass is 9.50. The van der Waals surface area contributed by atoms with Crippen LogP contribution in [0.1, 0.15) is 43.2 Å². The first-order valence-electron chi connectivity index (χ1n) is 7.30.